The van der Waals surface area contributed by atoms with E-state index in [4.69, 9.17) is 9.47 Å². The SMILES string of the molecule is COc1ccc(CCNC(=O)CC2NC(=O)N(Cc3ccc(OC)cc3)C2=O)cc1. The Balaban J connectivity index is 1.46. The van der Waals surface area contributed by atoms with Crippen molar-refractivity contribution in [3.63, 3.8) is 0 Å². The van der Waals surface area contributed by atoms with Gasteiger partial charge in [0.15, 0.2) is 0 Å². The van der Waals surface area contributed by atoms with E-state index in [1.54, 1.807) is 38.5 Å². The molecule has 1 saturated heterocycles. The molecule has 158 valence electrons. The number of hydrogen-bond acceptors (Lipinski definition) is 5. The molecule has 2 N–H and O–H groups in total. The number of benzene rings is 2. The van der Waals surface area contributed by atoms with Crippen molar-refractivity contribution in [1.82, 2.24) is 15.5 Å². The monoisotopic (exact) mass is 411 g/mol. The number of nitrogens with zero attached hydrogens (tertiary/aromatic N) is 1. The summed E-state index contributed by atoms with van der Waals surface area (Å²) in [7, 11) is 3.18. The van der Waals surface area contributed by atoms with E-state index in [2.05, 4.69) is 10.6 Å². The van der Waals surface area contributed by atoms with Gasteiger partial charge in [-0.15, -0.1) is 0 Å². The Labute approximate surface area is 175 Å². The quantitative estimate of drug-likeness (QED) is 0.614. The molecule has 0 saturated carbocycles. The molecule has 2 aromatic carbocycles. The van der Waals surface area contributed by atoms with E-state index in [-0.39, 0.29) is 18.9 Å². The summed E-state index contributed by atoms with van der Waals surface area (Å²) in [6.07, 6.45) is 0.566. The van der Waals surface area contributed by atoms with Gasteiger partial charge in [-0.05, 0) is 41.8 Å². The lowest BCUT2D eigenvalue weighted by Crippen LogP contribution is -2.37. The summed E-state index contributed by atoms with van der Waals surface area (Å²) in [6.45, 7) is 0.583. The molecule has 8 heteroatoms. The van der Waals surface area contributed by atoms with Crippen LogP contribution in [0, 0.1) is 0 Å². The Hall–Kier alpha value is -3.55. The van der Waals surface area contributed by atoms with Gasteiger partial charge >= 0.3 is 6.03 Å². The summed E-state index contributed by atoms with van der Waals surface area (Å²) < 4.78 is 10.2. The van der Waals surface area contributed by atoms with Crippen molar-refractivity contribution in [3.05, 3.63) is 59.7 Å². The van der Waals surface area contributed by atoms with Crippen LogP contribution in [0.4, 0.5) is 4.79 Å². The second-order valence-electron chi connectivity index (χ2n) is 6.93. The van der Waals surface area contributed by atoms with Crippen LogP contribution in [0.2, 0.25) is 0 Å². The molecule has 8 nitrogen and oxygen atoms in total. The third kappa shape index (κ3) is 5.28. The van der Waals surface area contributed by atoms with Crippen LogP contribution in [0.1, 0.15) is 17.5 Å². The molecule has 4 amide bonds. The second kappa shape index (κ2) is 9.78. The molecule has 0 aliphatic carbocycles. The molecule has 1 heterocycles. The van der Waals surface area contributed by atoms with Crippen molar-refractivity contribution >= 4 is 17.8 Å². The first-order valence-corrected chi connectivity index (χ1v) is 9.64. The Morgan fingerprint density at radius 3 is 2.10 bits per heavy atom. The summed E-state index contributed by atoms with van der Waals surface area (Å²) in [6, 6.07) is 13.4. The number of urea groups is 1. The van der Waals surface area contributed by atoms with E-state index in [0.29, 0.717) is 18.7 Å². The highest BCUT2D eigenvalue weighted by molar-refractivity contribution is 6.05. The molecule has 3 rings (SSSR count). The highest BCUT2D eigenvalue weighted by Crippen LogP contribution is 2.17. The van der Waals surface area contributed by atoms with Crippen LogP contribution in [0.5, 0.6) is 11.5 Å². The summed E-state index contributed by atoms with van der Waals surface area (Å²) in [5.74, 6) is 0.784. The summed E-state index contributed by atoms with van der Waals surface area (Å²) in [4.78, 5) is 38.1. The normalized spacial score (nSPS) is 15.7. The number of nitrogens with one attached hydrogen (secondary N) is 2. The van der Waals surface area contributed by atoms with Crippen molar-refractivity contribution < 1.29 is 23.9 Å². The van der Waals surface area contributed by atoms with Gasteiger partial charge in [-0.3, -0.25) is 14.5 Å². The molecule has 1 fully saturated rings. The van der Waals surface area contributed by atoms with Gasteiger partial charge in [-0.2, -0.15) is 0 Å². The van der Waals surface area contributed by atoms with Crippen LogP contribution < -0.4 is 20.1 Å². The number of ether oxygens (including phenoxy) is 2. The third-order valence-electron chi connectivity index (χ3n) is 4.89. The number of imide groups is 1. The lowest BCUT2D eigenvalue weighted by Gasteiger charge is -2.13. The van der Waals surface area contributed by atoms with Crippen LogP contribution >= 0.6 is 0 Å². The molecule has 0 radical (unpaired) electrons. The van der Waals surface area contributed by atoms with E-state index in [0.717, 1.165) is 21.8 Å². The minimum atomic E-state index is -0.850. The maximum Gasteiger partial charge on any atom is 0.325 e. The summed E-state index contributed by atoms with van der Waals surface area (Å²) >= 11 is 0. The molecule has 1 aliphatic rings. The van der Waals surface area contributed by atoms with Crippen molar-refractivity contribution in [3.8, 4) is 11.5 Å². The van der Waals surface area contributed by atoms with Gasteiger partial charge in [-0.1, -0.05) is 24.3 Å². The van der Waals surface area contributed by atoms with E-state index < -0.39 is 18.0 Å². The molecule has 0 spiro atoms. The highest BCUT2D eigenvalue weighted by Gasteiger charge is 2.38. The van der Waals surface area contributed by atoms with Crippen LogP contribution in [-0.2, 0) is 22.6 Å². The zero-order chi connectivity index (χ0) is 21.5. The van der Waals surface area contributed by atoms with Gasteiger partial charge in [-0.25, -0.2) is 4.79 Å². The lowest BCUT2D eigenvalue weighted by atomic mass is 10.1. The molecule has 1 unspecified atom stereocenters. The van der Waals surface area contributed by atoms with Crippen molar-refractivity contribution in [1.29, 1.82) is 0 Å². The first-order valence-electron chi connectivity index (χ1n) is 9.64. The molecular formula is C22H25N3O5. The minimum Gasteiger partial charge on any atom is -0.497 e. The zero-order valence-corrected chi connectivity index (χ0v) is 17.0. The van der Waals surface area contributed by atoms with Gasteiger partial charge in [0.05, 0.1) is 27.2 Å². The predicted octanol–water partition coefficient (Wildman–Crippen LogP) is 1.87. The maximum atomic E-state index is 12.6. The second-order valence-corrected chi connectivity index (χ2v) is 6.93. The van der Waals surface area contributed by atoms with Crippen LogP contribution in [-0.4, -0.2) is 49.6 Å². The summed E-state index contributed by atoms with van der Waals surface area (Å²) in [5.41, 5.74) is 1.86. The lowest BCUT2D eigenvalue weighted by molar-refractivity contribution is -0.131. The third-order valence-corrected chi connectivity index (χ3v) is 4.89. The number of carbonyl (C=O) groups is 3. The molecule has 1 aliphatic heterocycles. The fourth-order valence-corrected chi connectivity index (χ4v) is 3.17. The number of rotatable bonds is 9. The number of carbonyl (C=O) groups excluding carboxylic acids is 3. The Bertz CT molecular complexity index is 896. The van der Waals surface area contributed by atoms with Crippen molar-refractivity contribution in [2.24, 2.45) is 0 Å². The fourth-order valence-electron chi connectivity index (χ4n) is 3.17. The van der Waals surface area contributed by atoms with Gasteiger partial charge in [0.25, 0.3) is 5.91 Å². The smallest absolute Gasteiger partial charge is 0.325 e. The average molecular weight is 411 g/mol. The zero-order valence-electron chi connectivity index (χ0n) is 17.0. The maximum absolute atomic E-state index is 12.6. The molecule has 30 heavy (non-hydrogen) atoms. The van der Waals surface area contributed by atoms with Crippen LogP contribution in [0.3, 0.4) is 0 Å². The van der Waals surface area contributed by atoms with Gasteiger partial charge in [0.1, 0.15) is 17.5 Å². The Kier molecular flexibility index (Phi) is 6.90. The highest BCUT2D eigenvalue weighted by atomic mass is 16.5. The molecule has 1 atom stereocenters. The largest absolute Gasteiger partial charge is 0.497 e. The van der Waals surface area contributed by atoms with E-state index in [1.165, 1.54) is 0 Å². The van der Waals surface area contributed by atoms with Crippen molar-refractivity contribution in [2.75, 3.05) is 20.8 Å². The van der Waals surface area contributed by atoms with E-state index in [9.17, 15) is 14.4 Å². The topological polar surface area (TPSA) is 97.0 Å². The van der Waals surface area contributed by atoms with Gasteiger partial charge < -0.3 is 20.1 Å². The number of amides is 4. The first kappa shape index (κ1) is 21.2. The Morgan fingerprint density at radius 1 is 0.967 bits per heavy atom. The molecular weight excluding hydrogens is 386 g/mol. The van der Waals surface area contributed by atoms with Crippen molar-refractivity contribution in [2.45, 2.75) is 25.4 Å². The minimum absolute atomic E-state index is 0.0910. The Morgan fingerprint density at radius 2 is 1.53 bits per heavy atom. The molecule has 0 bridgehead atoms. The summed E-state index contributed by atoms with van der Waals surface area (Å²) in [5, 5.41) is 5.38. The average Bonchev–Trinajstić information content (AvgIpc) is 3.02. The number of hydrogen-bond donors (Lipinski definition) is 2. The predicted molar refractivity (Wildman–Crippen MR) is 110 cm³/mol. The van der Waals surface area contributed by atoms with E-state index in [1.807, 2.05) is 24.3 Å². The van der Waals surface area contributed by atoms with Crippen LogP contribution in [0.15, 0.2) is 48.5 Å². The number of methoxy groups -OCH3 is 2. The van der Waals surface area contributed by atoms with Crippen LogP contribution in [0.25, 0.3) is 0 Å². The first-order chi connectivity index (χ1) is 14.5. The standard InChI is InChI=1S/C22H25N3O5/c1-29-17-7-3-15(4-8-17)11-12-23-20(26)13-19-21(27)25(22(28)24-19)14-16-5-9-18(30-2)10-6-16/h3-10,19H,11-14H2,1-2H3,(H,23,26)(H,24,28). The molecule has 0 aromatic heterocycles. The van der Waals surface area contributed by atoms with E-state index >= 15 is 0 Å². The van der Waals surface area contributed by atoms with Gasteiger partial charge in [0.2, 0.25) is 5.91 Å². The molecule has 2 aromatic rings. The van der Waals surface area contributed by atoms with Gasteiger partial charge in [0, 0.05) is 6.54 Å². The fraction of sp³-hybridized carbons (Fsp3) is 0.318.